The predicted octanol–water partition coefficient (Wildman–Crippen LogP) is 2.00. The maximum Gasteiger partial charge on any atom is 0.339 e. The summed E-state index contributed by atoms with van der Waals surface area (Å²) in [5.41, 5.74) is 0.355. The molecule has 0 unspecified atom stereocenters. The van der Waals surface area contributed by atoms with Crippen molar-refractivity contribution in [3.05, 3.63) is 29.3 Å². The average molecular weight is 252 g/mol. The number of Topliss-reactive ketones (excluding diaryl/α,β-unsaturated/α-hetero) is 1. The summed E-state index contributed by atoms with van der Waals surface area (Å²) in [5, 5.41) is 9.06. The van der Waals surface area contributed by atoms with Gasteiger partial charge in [-0.25, -0.2) is 4.79 Å². The Balaban J connectivity index is 2.99. The average Bonchev–Trinajstić information content (AvgIpc) is 2.36. The quantitative estimate of drug-likeness (QED) is 0.751. The molecule has 0 bridgehead atoms. The van der Waals surface area contributed by atoms with Gasteiger partial charge in [-0.1, -0.05) is 0 Å². The minimum Gasteiger partial charge on any atom is -0.493 e. The van der Waals surface area contributed by atoms with Gasteiger partial charge in [-0.2, -0.15) is 0 Å². The van der Waals surface area contributed by atoms with Gasteiger partial charge < -0.3 is 14.6 Å². The van der Waals surface area contributed by atoms with Crippen LogP contribution in [-0.2, 0) is 4.74 Å². The van der Waals surface area contributed by atoms with E-state index in [1.807, 2.05) is 0 Å². The van der Waals surface area contributed by atoms with Crippen molar-refractivity contribution >= 4 is 11.8 Å². The molecule has 1 rings (SSSR count). The van der Waals surface area contributed by atoms with Gasteiger partial charge in [0.05, 0.1) is 13.2 Å². The number of rotatable bonds is 7. The molecule has 0 aliphatic heterocycles. The van der Waals surface area contributed by atoms with Crippen LogP contribution in [0.15, 0.2) is 18.2 Å². The molecule has 5 nitrogen and oxygen atoms in total. The maximum atomic E-state index is 11.7. The second-order valence-electron chi connectivity index (χ2n) is 3.62. The first-order chi connectivity index (χ1) is 8.60. The topological polar surface area (TPSA) is 72.8 Å². The molecule has 98 valence electrons. The number of carboxylic acid groups (broad SMARTS) is 1. The van der Waals surface area contributed by atoms with E-state index in [2.05, 4.69) is 0 Å². The number of hydrogen-bond acceptors (Lipinski definition) is 4. The van der Waals surface area contributed by atoms with Crippen LogP contribution in [0.25, 0.3) is 0 Å². The van der Waals surface area contributed by atoms with Crippen molar-refractivity contribution in [2.75, 3.05) is 20.3 Å². The van der Waals surface area contributed by atoms with Gasteiger partial charge in [0.1, 0.15) is 11.3 Å². The minimum absolute atomic E-state index is 0.000108. The van der Waals surface area contributed by atoms with Gasteiger partial charge in [-0.15, -0.1) is 0 Å². The number of hydrogen-bond donors (Lipinski definition) is 1. The van der Waals surface area contributed by atoms with Gasteiger partial charge in [0.25, 0.3) is 0 Å². The first-order valence-electron chi connectivity index (χ1n) is 5.62. The van der Waals surface area contributed by atoms with E-state index in [0.717, 1.165) is 0 Å². The van der Waals surface area contributed by atoms with Crippen molar-refractivity contribution in [2.45, 2.75) is 13.3 Å². The Hall–Kier alpha value is -1.88. The van der Waals surface area contributed by atoms with Crippen LogP contribution in [0, 0.1) is 0 Å². The Bertz CT molecular complexity index is 439. The Morgan fingerprint density at radius 2 is 2.06 bits per heavy atom. The lowest BCUT2D eigenvalue weighted by Crippen LogP contribution is -2.08. The van der Waals surface area contributed by atoms with Crippen LogP contribution in [0.2, 0.25) is 0 Å². The summed E-state index contributed by atoms with van der Waals surface area (Å²) >= 11 is 0. The van der Waals surface area contributed by atoms with E-state index in [9.17, 15) is 9.59 Å². The number of carbonyl (C=O) groups is 2. The van der Waals surface area contributed by atoms with Gasteiger partial charge >= 0.3 is 5.97 Å². The molecule has 0 saturated carbocycles. The second-order valence-corrected chi connectivity index (χ2v) is 3.62. The van der Waals surface area contributed by atoms with E-state index < -0.39 is 5.97 Å². The number of methoxy groups -OCH3 is 1. The van der Waals surface area contributed by atoms with Crippen molar-refractivity contribution in [2.24, 2.45) is 0 Å². The first kappa shape index (κ1) is 14.2. The van der Waals surface area contributed by atoms with Crippen LogP contribution in [0.3, 0.4) is 0 Å². The largest absolute Gasteiger partial charge is 0.493 e. The summed E-state index contributed by atoms with van der Waals surface area (Å²) in [4.78, 5) is 22.8. The molecule has 18 heavy (non-hydrogen) atoms. The second kappa shape index (κ2) is 6.76. The van der Waals surface area contributed by atoms with E-state index in [1.165, 1.54) is 19.2 Å². The molecular formula is C13H16O5. The molecule has 0 aliphatic rings. The molecule has 1 N–H and O–H groups in total. The van der Waals surface area contributed by atoms with Crippen molar-refractivity contribution in [1.29, 1.82) is 0 Å². The summed E-state index contributed by atoms with van der Waals surface area (Å²) in [6, 6.07) is 4.41. The van der Waals surface area contributed by atoms with Crippen LogP contribution in [0.4, 0.5) is 0 Å². The van der Waals surface area contributed by atoms with E-state index in [0.29, 0.717) is 18.8 Å². The monoisotopic (exact) mass is 252 g/mol. The minimum atomic E-state index is -1.11. The molecule has 0 spiro atoms. The van der Waals surface area contributed by atoms with Crippen molar-refractivity contribution in [3.8, 4) is 5.75 Å². The highest BCUT2D eigenvalue weighted by atomic mass is 16.5. The molecule has 0 fully saturated rings. The summed E-state index contributed by atoms with van der Waals surface area (Å²) in [5.74, 6) is -0.990. The third-order valence-electron chi connectivity index (χ3n) is 2.37. The van der Waals surface area contributed by atoms with Gasteiger partial charge in [-0.3, -0.25) is 4.79 Å². The molecule has 1 aromatic carbocycles. The number of ether oxygens (including phenoxy) is 2. The highest BCUT2D eigenvalue weighted by molar-refractivity contribution is 6.00. The summed E-state index contributed by atoms with van der Waals surface area (Å²) < 4.78 is 10.0. The van der Waals surface area contributed by atoms with Crippen molar-refractivity contribution in [1.82, 2.24) is 0 Å². The molecule has 0 aliphatic carbocycles. The van der Waals surface area contributed by atoms with Gasteiger partial charge in [0.15, 0.2) is 5.78 Å². The fourth-order valence-corrected chi connectivity index (χ4v) is 1.49. The molecule has 0 heterocycles. The lowest BCUT2D eigenvalue weighted by Gasteiger charge is -2.08. The van der Waals surface area contributed by atoms with E-state index in [-0.39, 0.29) is 23.5 Å². The van der Waals surface area contributed by atoms with Gasteiger partial charge in [0, 0.05) is 19.1 Å². The Morgan fingerprint density at radius 3 is 2.61 bits per heavy atom. The molecule has 0 atom stereocenters. The highest BCUT2D eigenvalue weighted by Gasteiger charge is 2.15. The summed E-state index contributed by atoms with van der Waals surface area (Å²) in [6.07, 6.45) is 0.226. The smallest absolute Gasteiger partial charge is 0.339 e. The number of ketones is 1. The summed E-state index contributed by atoms with van der Waals surface area (Å²) in [7, 11) is 1.51. The van der Waals surface area contributed by atoms with E-state index >= 15 is 0 Å². The molecule has 5 heteroatoms. The molecule has 1 aromatic rings. The first-order valence-corrected chi connectivity index (χ1v) is 5.62. The normalized spacial score (nSPS) is 10.1. The van der Waals surface area contributed by atoms with Crippen molar-refractivity contribution in [3.63, 3.8) is 0 Å². The van der Waals surface area contributed by atoms with Crippen LogP contribution < -0.4 is 4.74 Å². The Labute approximate surface area is 105 Å². The number of carbonyl (C=O) groups excluding carboxylic acids is 1. The van der Waals surface area contributed by atoms with Gasteiger partial charge in [-0.05, 0) is 25.1 Å². The number of aromatic carboxylic acids is 1. The summed E-state index contributed by atoms with van der Waals surface area (Å²) in [6.45, 7) is 2.45. The number of carboxylic acids is 1. The van der Waals surface area contributed by atoms with E-state index in [4.69, 9.17) is 14.6 Å². The van der Waals surface area contributed by atoms with Crippen LogP contribution in [0.1, 0.15) is 34.1 Å². The number of benzene rings is 1. The predicted molar refractivity (Wildman–Crippen MR) is 65.4 cm³/mol. The van der Waals surface area contributed by atoms with Crippen LogP contribution in [-0.4, -0.2) is 37.2 Å². The Morgan fingerprint density at radius 1 is 1.33 bits per heavy atom. The molecule has 0 saturated heterocycles. The Kier molecular flexibility index (Phi) is 5.32. The van der Waals surface area contributed by atoms with E-state index in [1.54, 1.807) is 13.0 Å². The third kappa shape index (κ3) is 3.56. The van der Waals surface area contributed by atoms with Crippen LogP contribution >= 0.6 is 0 Å². The van der Waals surface area contributed by atoms with Gasteiger partial charge in [0.2, 0.25) is 0 Å². The molecule has 0 radical (unpaired) electrons. The lowest BCUT2D eigenvalue weighted by atomic mass is 10.0. The zero-order valence-corrected chi connectivity index (χ0v) is 10.4. The maximum absolute atomic E-state index is 11.7. The molecule has 0 amide bonds. The zero-order valence-electron chi connectivity index (χ0n) is 10.4. The fourth-order valence-electron chi connectivity index (χ4n) is 1.49. The van der Waals surface area contributed by atoms with Crippen LogP contribution in [0.5, 0.6) is 5.75 Å². The molecule has 0 aromatic heterocycles. The lowest BCUT2D eigenvalue weighted by molar-refractivity contribution is 0.0692. The zero-order chi connectivity index (χ0) is 13.5. The SMILES string of the molecule is CCOc1ccc(C(=O)CCOC)cc1C(=O)O. The third-order valence-corrected chi connectivity index (χ3v) is 2.37. The van der Waals surface area contributed by atoms with Crippen molar-refractivity contribution < 1.29 is 24.2 Å². The highest BCUT2D eigenvalue weighted by Crippen LogP contribution is 2.21. The fraction of sp³-hybridized carbons (Fsp3) is 0.385. The standard InChI is InChI=1S/C13H16O5/c1-3-18-12-5-4-9(8-10(12)13(15)16)11(14)6-7-17-2/h4-5,8H,3,6-7H2,1-2H3,(H,15,16). The molecular weight excluding hydrogens is 236 g/mol.